The second kappa shape index (κ2) is 8.02. The van der Waals surface area contributed by atoms with Crippen LogP contribution >= 0.6 is 0 Å². The van der Waals surface area contributed by atoms with E-state index in [-0.39, 0.29) is 23.5 Å². The highest BCUT2D eigenvalue weighted by atomic mass is 19.4. The molecule has 0 spiro atoms. The molecule has 0 fully saturated rings. The van der Waals surface area contributed by atoms with Crippen molar-refractivity contribution >= 4 is 22.4 Å². The normalized spacial score (nSPS) is 16.8. The maximum Gasteiger partial charge on any atom is 0.417 e. The molecule has 0 saturated carbocycles. The summed E-state index contributed by atoms with van der Waals surface area (Å²) in [5, 5.41) is 12.4. The smallest absolute Gasteiger partial charge is 0.417 e. The number of hydrogen-bond acceptors (Lipinski definition) is 5. The van der Waals surface area contributed by atoms with Crippen molar-refractivity contribution in [1.29, 1.82) is 0 Å². The van der Waals surface area contributed by atoms with Crippen molar-refractivity contribution in [2.24, 2.45) is 5.41 Å². The molecule has 0 bridgehead atoms. The maximum atomic E-state index is 15.2. The van der Waals surface area contributed by atoms with Crippen LogP contribution in [0.1, 0.15) is 37.6 Å². The number of alkyl halides is 3. The van der Waals surface area contributed by atoms with Gasteiger partial charge in [0, 0.05) is 47.6 Å². The van der Waals surface area contributed by atoms with Gasteiger partial charge in [-0.15, -0.1) is 0 Å². The summed E-state index contributed by atoms with van der Waals surface area (Å²) in [7, 11) is 1.37. The van der Waals surface area contributed by atoms with E-state index in [1.807, 2.05) is 11.6 Å². The predicted molar refractivity (Wildman–Crippen MR) is 130 cm³/mol. The van der Waals surface area contributed by atoms with Crippen molar-refractivity contribution in [3.63, 3.8) is 0 Å². The molecule has 4 aromatic rings. The molecule has 2 aliphatic rings. The molecular formula is C26H23F5N6O. The third kappa shape index (κ3) is 3.49. The summed E-state index contributed by atoms with van der Waals surface area (Å²) < 4.78 is 76.3. The lowest BCUT2D eigenvalue weighted by molar-refractivity contribution is -0.138. The van der Waals surface area contributed by atoms with Gasteiger partial charge in [-0.25, -0.2) is 18.4 Å². The Morgan fingerprint density at radius 2 is 1.84 bits per heavy atom. The number of methoxy groups -OCH3 is 1. The third-order valence-corrected chi connectivity index (χ3v) is 7.62. The first-order chi connectivity index (χ1) is 17.9. The fourth-order valence-corrected chi connectivity index (χ4v) is 5.32. The number of H-pyrrole nitrogens is 1. The van der Waals surface area contributed by atoms with Crippen LogP contribution in [0, 0.1) is 17.0 Å². The summed E-state index contributed by atoms with van der Waals surface area (Å²) in [4.78, 5) is 5.40. The average Bonchev–Trinajstić information content (AvgIpc) is 3.24. The Morgan fingerprint density at radius 1 is 1.11 bits per heavy atom. The van der Waals surface area contributed by atoms with Crippen molar-refractivity contribution < 1.29 is 26.7 Å². The number of aromatic nitrogens is 5. The SMILES string of the molecule is COc1c(F)cc(-c2c3c(nn2C2=C(C)C2(C)C)CCN(c2ncc(C(F)(F)F)cc2F)C3)c2cn[nH]c12. The Bertz CT molecular complexity index is 1650. The molecule has 1 aliphatic heterocycles. The summed E-state index contributed by atoms with van der Waals surface area (Å²) in [6.07, 6.45) is -2.09. The van der Waals surface area contributed by atoms with E-state index >= 15 is 4.39 Å². The Morgan fingerprint density at radius 3 is 2.47 bits per heavy atom. The van der Waals surface area contributed by atoms with E-state index in [9.17, 15) is 17.6 Å². The van der Waals surface area contributed by atoms with Gasteiger partial charge >= 0.3 is 6.18 Å². The molecule has 38 heavy (non-hydrogen) atoms. The molecule has 1 aliphatic carbocycles. The average molecular weight is 531 g/mol. The minimum Gasteiger partial charge on any atom is -0.492 e. The minimum atomic E-state index is -4.70. The summed E-state index contributed by atoms with van der Waals surface area (Å²) in [6, 6.07) is 1.82. The van der Waals surface area contributed by atoms with Gasteiger partial charge in [-0.05, 0) is 24.6 Å². The first kappa shape index (κ1) is 24.4. The Hall–Kier alpha value is -3.96. The summed E-state index contributed by atoms with van der Waals surface area (Å²) >= 11 is 0. The number of anilines is 1. The number of allylic oxidation sites excluding steroid dienone is 2. The summed E-state index contributed by atoms with van der Waals surface area (Å²) in [6.45, 7) is 6.57. The van der Waals surface area contributed by atoms with Crippen molar-refractivity contribution in [3.8, 4) is 17.0 Å². The number of ether oxygens (including phenoxy) is 1. The summed E-state index contributed by atoms with van der Waals surface area (Å²) in [5.74, 6) is -1.81. The second-order valence-corrected chi connectivity index (χ2v) is 10.1. The number of aromatic amines is 1. The van der Waals surface area contributed by atoms with Crippen LogP contribution in [0.15, 0.2) is 30.1 Å². The molecule has 7 nitrogen and oxygen atoms in total. The molecule has 4 heterocycles. The van der Waals surface area contributed by atoms with Crippen LogP contribution in [0.3, 0.4) is 0 Å². The Balaban J connectivity index is 1.52. The maximum absolute atomic E-state index is 15.2. The quantitative estimate of drug-likeness (QED) is 0.330. The monoisotopic (exact) mass is 530 g/mol. The van der Waals surface area contributed by atoms with Gasteiger partial charge in [-0.2, -0.15) is 23.4 Å². The lowest BCUT2D eigenvalue weighted by Gasteiger charge is -2.28. The minimum absolute atomic E-state index is 0.0287. The molecule has 3 aromatic heterocycles. The van der Waals surface area contributed by atoms with E-state index in [1.54, 1.807) is 11.1 Å². The lowest BCUT2D eigenvalue weighted by Crippen LogP contribution is -2.32. The highest BCUT2D eigenvalue weighted by Crippen LogP contribution is 2.56. The highest BCUT2D eigenvalue weighted by molar-refractivity contribution is 5.99. The molecule has 0 saturated heterocycles. The molecule has 0 amide bonds. The zero-order chi connectivity index (χ0) is 27.1. The molecule has 12 heteroatoms. The van der Waals surface area contributed by atoms with E-state index < -0.39 is 23.4 Å². The van der Waals surface area contributed by atoms with Crippen LogP contribution in [-0.4, -0.2) is 38.6 Å². The topological polar surface area (TPSA) is 71.9 Å². The van der Waals surface area contributed by atoms with Crippen molar-refractivity contribution in [2.75, 3.05) is 18.6 Å². The van der Waals surface area contributed by atoms with Gasteiger partial charge in [0.25, 0.3) is 0 Å². The van der Waals surface area contributed by atoms with Gasteiger partial charge in [-0.1, -0.05) is 13.8 Å². The van der Waals surface area contributed by atoms with Crippen LogP contribution in [0.25, 0.3) is 27.9 Å². The highest BCUT2D eigenvalue weighted by Gasteiger charge is 2.46. The molecule has 0 unspecified atom stereocenters. The van der Waals surface area contributed by atoms with E-state index in [2.05, 4.69) is 29.0 Å². The van der Waals surface area contributed by atoms with Crippen molar-refractivity contribution in [3.05, 3.63) is 58.6 Å². The van der Waals surface area contributed by atoms with Crippen LogP contribution in [-0.2, 0) is 19.1 Å². The standard InChI is InChI=1S/C26H23F5N6O/c1-12-23(25(12,2)3)37-21(14-8-17(27)22(38-4)20-15(14)10-33-34-20)16-11-36(6-5-19(16)35-37)24-18(28)7-13(9-32-24)26(29,30)31/h7-10H,5-6,11H2,1-4H3,(H,33,34). The number of nitrogens with zero attached hydrogens (tertiary/aromatic N) is 5. The molecule has 6 rings (SSSR count). The van der Waals surface area contributed by atoms with E-state index in [0.717, 1.165) is 17.0 Å². The summed E-state index contributed by atoms with van der Waals surface area (Å²) in [5.41, 5.74) is 3.71. The number of benzene rings is 1. The fourth-order valence-electron chi connectivity index (χ4n) is 5.32. The van der Waals surface area contributed by atoms with Crippen LogP contribution in [0.5, 0.6) is 5.75 Å². The first-order valence-corrected chi connectivity index (χ1v) is 11.9. The zero-order valence-corrected chi connectivity index (χ0v) is 21.0. The number of nitrogens with one attached hydrogen (secondary N) is 1. The van der Waals surface area contributed by atoms with Crippen molar-refractivity contribution in [1.82, 2.24) is 25.0 Å². The number of hydrogen-bond donors (Lipinski definition) is 1. The Kier molecular flexibility index (Phi) is 5.14. The van der Waals surface area contributed by atoms with E-state index in [1.165, 1.54) is 13.2 Å². The molecule has 198 valence electrons. The molecular weight excluding hydrogens is 507 g/mol. The van der Waals surface area contributed by atoms with Gasteiger partial charge in [0.2, 0.25) is 0 Å². The molecule has 0 atom stereocenters. The number of rotatable bonds is 4. The lowest BCUT2D eigenvalue weighted by atomic mass is 9.97. The fraction of sp³-hybridized carbons (Fsp3) is 0.346. The first-order valence-electron chi connectivity index (χ1n) is 11.9. The van der Waals surface area contributed by atoms with Gasteiger partial charge in [0.15, 0.2) is 23.2 Å². The van der Waals surface area contributed by atoms with Gasteiger partial charge in [0.05, 0.1) is 36.0 Å². The molecule has 0 radical (unpaired) electrons. The van der Waals surface area contributed by atoms with Gasteiger partial charge < -0.3 is 9.64 Å². The number of pyridine rings is 1. The number of fused-ring (bicyclic) bond motifs is 2. The predicted octanol–water partition coefficient (Wildman–Crippen LogP) is 5.96. The third-order valence-electron chi connectivity index (χ3n) is 7.62. The van der Waals surface area contributed by atoms with Crippen LogP contribution in [0.2, 0.25) is 0 Å². The zero-order valence-electron chi connectivity index (χ0n) is 21.0. The number of halogens is 5. The van der Waals surface area contributed by atoms with Crippen LogP contribution in [0.4, 0.5) is 27.8 Å². The van der Waals surface area contributed by atoms with Crippen molar-refractivity contribution in [2.45, 2.75) is 39.9 Å². The second-order valence-electron chi connectivity index (χ2n) is 10.1. The molecule has 1 N–H and O–H groups in total. The molecule has 1 aromatic carbocycles. The largest absolute Gasteiger partial charge is 0.492 e. The van der Waals surface area contributed by atoms with Gasteiger partial charge in [-0.3, -0.25) is 5.10 Å². The van der Waals surface area contributed by atoms with Crippen LogP contribution < -0.4 is 9.64 Å². The van der Waals surface area contributed by atoms with Gasteiger partial charge in [0.1, 0.15) is 5.52 Å². The van der Waals surface area contributed by atoms with E-state index in [4.69, 9.17) is 9.84 Å². The Labute approximate surface area is 213 Å². The van der Waals surface area contributed by atoms with E-state index in [0.29, 0.717) is 53.0 Å².